The van der Waals surface area contributed by atoms with Crippen molar-refractivity contribution >= 4 is 5.91 Å². The summed E-state index contributed by atoms with van der Waals surface area (Å²) in [5.74, 6) is 1.64. The van der Waals surface area contributed by atoms with Crippen molar-refractivity contribution in [1.29, 1.82) is 0 Å². The van der Waals surface area contributed by atoms with Crippen LogP contribution in [0.4, 0.5) is 0 Å². The SMILES string of the molecule is COc1cccc(Cc2cc(C(=O)NCCC(c3ccccc3)c3ccco3)on2)c1. The minimum absolute atomic E-state index is 0.0647. The zero-order chi connectivity index (χ0) is 21.5. The van der Waals surface area contributed by atoms with Crippen molar-refractivity contribution in [2.75, 3.05) is 13.7 Å². The van der Waals surface area contributed by atoms with Crippen molar-refractivity contribution < 1.29 is 18.5 Å². The van der Waals surface area contributed by atoms with Crippen LogP contribution in [0.1, 0.15) is 45.5 Å². The molecule has 31 heavy (non-hydrogen) atoms. The van der Waals surface area contributed by atoms with Crippen molar-refractivity contribution in [3.8, 4) is 5.75 Å². The molecule has 0 saturated heterocycles. The van der Waals surface area contributed by atoms with Gasteiger partial charge in [0.05, 0.1) is 19.1 Å². The normalized spacial score (nSPS) is 11.8. The molecule has 1 unspecified atom stereocenters. The predicted molar refractivity (Wildman–Crippen MR) is 116 cm³/mol. The van der Waals surface area contributed by atoms with Crippen LogP contribution in [0.15, 0.2) is 88.0 Å². The second-order valence-corrected chi connectivity index (χ2v) is 7.23. The molecule has 0 saturated carbocycles. The number of furan rings is 1. The van der Waals surface area contributed by atoms with Crippen LogP contribution in [0, 0.1) is 0 Å². The van der Waals surface area contributed by atoms with Crippen LogP contribution in [0.5, 0.6) is 5.75 Å². The van der Waals surface area contributed by atoms with E-state index in [1.807, 2.05) is 54.6 Å². The van der Waals surface area contributed by atoms with E-state index in [2.05, 4.69) is 22.6 Å². The van der Waals surface area contributed by atoms with E-state index in [9.17, 15) is 4.79 Å². The van der Waals surface area contributed by atoms with E-state index in [1.165, 1.54) is 0 Å². The van der Waals surface area contributed by atoms with Crippen molar-refractivity contribution in [1.82, 2.24) is 10.5 Å². The Labute approximate surface area is 180 Å². The number of ether oxygens (including phenoxy) is 1. The number of rotatable bonds is 9. The third-order valence-electron chi connectivity index (χ3n) is 5.11. The molecule has 2 heterocycles. The van der Waals surface area contributed by atoms with Gasteiger partial charge in [-0.25, -0.2) is 0 Å². The first-order valence-corrected chi connectivity index (χ1v) is 10.2. The third-order valence-corrected chi connectivity index (χ3v) is 5.11. The Morgan fingerprint density at radius 3 is 2.71 bits per heavy atom. The van der Waals surface area contributed by atoms with Gasteiger partial charge in [-0.05, 0) is 41.8 Å². The Bertz CT molecular complexity index is 1100. The molecule has 1 amide bonds. The zero-order valence-corrected chi connectivity index (χ0v) is 17.3. The molecule has 1 N–H and O–H groups in total. The van der Waals surface area contributed by atoms with Crippen LogP contribution < -0.4 is 10.1 Å². The van der Waals surface area contributed by atoms with E-state index in [1.54, 1.807) is 19.4 Å². The topological polar surface area (TPSA) is 77.5 Å². The molecule has 2 aromatic carbocycles. The van der Waals surface area contributed by atoms with Crippen LogP contribution in [-0.4, -0.2) is 24.7 Å². The third kappa shape index (κ3) is 5.22. The van der Waals surface area contributed by atoms with Gasteiger partial charge < -0.3 is 19.0 Å². The lowest BCUT2D eigenvalue weighted by Crippen LogP contribution is -2.25. The highest BCUT2D eigenvalue weighted by Crippen LogP contribution is 2.28. The molecule has 4 rings (SSSR count). The van der Waals surface area contributed by atoms with Gasteiger partial charge in [0.1, 0.15) is 11.5 Å². The number of amides is 1. The molecule has 0 radical (unpaired) electrons. The molecule has 6 nitrogen and oxygen atoms in total. The number of benzene rings is 2. The van der Waals surface area contributed by atoms with Crippen LogP contribution in [0.25, 0.3) is 0 Å². The fourth-order valence-corrected chi connectivity index (χ4v) is 3.56. The minimum atomic E-state index is -0.282. The average molecular weight is 416 g/mol. The lowest BCUT2D eigenvalue weighted by atomic mass is 9.93. The van der Waals surface area contributed by atoms with Gasteiger partial charge in [-0.1, -0.05) is 47.6 Å². The zero-order valence-electron chi connectivity index (χ0n) is 17.3. The molecule has 0 aliphatic heterocycles. The molecular weight excluding hydrogens is 392 g/mol. The maximum absolute atomic E-state index is 12.5. The quantitative estimate of drug-likeness (QED) is 0.423. The first-order valence-electron chi connectivity index (χ1n) is 10.2. The van der Waals surface area contributed by atoms with Gasteiger partial charge in [0.2, 0.25) is 5.76 Å². The molecule has 158 valence electrons. The van der Waals surface area contributed by atoms with Crippen molar-refractivity contribution in [3.63, 3.8) is 0 Å². The highest BCUT2D eigenvalue weighted by atomic mass is 16.5. The Morgan fingerprint density at radius 1 is 1.06 bits per heavy atom. The van der Waals surface area contributed by atoms with Crippen LogP contribution in [0.3, 0.4) is 0 Å². The second-order valence-electron chi connectivity index (χ2n) is 7.23. The first-order chi connectivity index (χ1) is 15.2. The molecule has 0 aliphatic rings. The van der Waals surface area contributed by atoms with E-state index in [-0.39, 0.29) is 17.6 Å². The van der Waals surface area contributed by atoms with E-state index >= 15 is 0 Å². The molecule has 0 aliphatic carbocycles. The summed E-state index contributed by atoms with van der Waals surface area (Å²) < 4.78 is 16.1. The highest BCUT2D eigenvalue weighted by Gasteiger charge is 2.18. The predicted octanol–water partition coefficient (Wildman–Crippen LogP) is 4.82. The standard InChI is InChI=1S/C25H24N2O4/c1-29-21-10-5-7-18(16-21)15-20-17-24(31-27-20)25(28)26-13-12-22(23-11-6-14-30-23)19-8-3-2-4-9-19/h2-11,14,16-17,22H,12-13,15H2,1H3,(H,26,28). The van der Waals surface area contributed by atoms with Gasteiger partial charge in [0, 0.05) is 24.9 Å². The van der Waals surface area contributed by atoms with Crippen LogP contribution >= 0.6 is 0 Å². The van der Waals surface area contributed by atoms with Crippen LogP contribution in [-0.2, 0) is 6.42 Å². The summed E-state index contributed by atoms with van der Waals surface area (Å²) >= 11 is 0. The Kier molecular flexibility index (Phi) is 6.47. The summed E-state index contributed by atoms with van der Waals surface area (Å²) in [5.41, 5.74) is 2.87. The largest absolute Gasteiger partial charge is 0.497 e. The number of hydrogen-bond donors (Lipinski definition) is 1. The lowest BCUT2D eigenvalue weighted by molar-refractivity contribution is 0.0915. The average Bonchev–Trinajstić information content (AvgIpc) is 3.50. The smallest absolute Gasteiger partial charge is 0.289 e. The summed E-state index contributed by atoms with van der Waals surface area (Å²) in [7, 11) is 1.63. The van der Waals surface area contributed by atoms with Crippen molar-refractivity contribution in [3.05, 3.63) is 107 Å². The van der Waals surface area contributed by atoms with Gasteiger partial charge >= 0.3 is 0 Å². The second kappa shape index (κ2) is 9.80. The Hall–Kier alpha value is -3.80. The van der Waals surface area contributed by atoms with E-state index in [4.69, 9.17) is 13.7 Å². The fourth-order valence-electron chi connectivity index (χ4n) is 3.56. The maximum atomic E-state index is 12.5. The van der Waals surface area contributed by atoms with Crippen LogP contribution in [0.2, 0.25) is 0 Å². The number of methoxy groups -OCH3 is 1. The molecule has 0 bridgehead atoms. The summed E-state index contributed by atoms with van der Waals surface area (Å²) in [6.45, 7) is 0.477. The highest BCUT2D eigenvalue weighted by molar-refractivity contribution is 5.91. The number of nitrogens with one attached hydrogen (secondary N) is 1. The molecule has 0 spiro atoms. The summed E-state index contributed by atoms with van der Waals surface area (Å²) in [6, 6.07) is 23.4. The van der Waals surface area contributed by atoms with Gasteiger partial charge in [-0.3, -0.25) is 4.79 Å². The maximum Gasteiger partial charge on any atom is 0.289 e. The fraction of sp³-hybridized carbons (Fsp3) is 0.200. The molecule has 0 fully saturated rings. The monoisotopic (exact) mass is 416 g/mol. The Morgan fingerprint density at radius 2 is 1.94 bits per heavy atom. The number of carbonyl (C=O) groups excluding carboxylic acids is 1. The van der Waals surface area contributed by atoms with Crippen molar-refractivity contribution in [2.45, 2.75) is 18.8 Å². The van der Waals surface area contributed by atoms with E-state index < -0.39 is 0 Å². The number of hydrogen-bond acceptors (Lipinski definition) is 5. The van der Waals surface area contributed by atoms with Gasteiger partial charge in [0.15, 0.2) is 0 Å². The van der Waals surface area contributed by atoms with E-state index in [0.717, 1.165) is 22.6 Å². The molecular formula is C25H24N2O4. The Balaban J connectivity index is 1.35. The summed E-state index contributed by atoms with van der Waals surface area (Å²) in [6.07, 6.45) is 2.93. The van der Waals surface area contributed by atoms with Gasteiger partial charge in [-0.2, -0.15) is 0 Å². The van der Waals surface area contributed by atoms with E-state index in [0.29, 0.717) is 25.1 Å². The molecule has 2 aromatic heterocycles. The molecule has 4 aromatic rings. The lowest BCUT2D eigenvalue weighted by Gasteiger charge is -2.15. The number of nitrogens with zero attached hydrogens (tertiary/aromatic N) is 1. The summed E-state index contributed by atoms with van der Waals surface area (Å²) in [4.78, 5) is 12.5. The minimum Gasteiger partial charge on any atom is -0.497 e. The summed E-state index contributed by atoms with van der Waals surface area (Å²) in [5, 5.41) is 6.95. The molecule has 1 atom stereocenters. The number of aromatic nitrogens is 1. The first kappa shape index (κ1) is 20.5. The van der Waals surface area contributed by atoms with Gasteiger partial charge in [-0.15, -0.1) is 0 Å². The number of carbonyl (C=O) groups is 1. The van der Waals surface area contributed by atoms with Crippen molar-refractivity contribution in [2.24, 2.45) is 0 Å². The molecule has 6 heteroatoms. The van der Waals surface area contributed by atoms with Gasteiger partial charge in [0.25, 0.3) is 5.91 Å².